The van der Waals surface area contributed by atoms with Gasteiger partial charge < -0.3 is 4.90 Å². The minimum Gasteiger partial charge on any atom is -0.302 e. The summed E-state index contributed by atoms with van der Waals surface area (Å²) in [5, 5.41) is 18.0. The molecule has 0 saturated carbocycles. The van der Waals surface area contributed by atoms with Crippen molar-refractivity contribution in [3.63, 3.8) is 0 Å². The van der Waals surface area contributed by atoms with Crippen molar-refractivity contribution in [2.75, 3.05) is 13.6 Å². The van der Waals surface area contributed by atoms with Crippen LogP contribution in [0.4, 0.5) is 0 Å². The van der Waals surface area contributed by atoms with Gasteiger partial charge in [-0.3, -0.25) is 5.10 Å². The van der Waals surface area contributed by atoms with Gasteiger partial charge in [0.2, 0.25) is 0 Å². The van der Waals surface area contributed by atoms with Crippen molar-refractivity contribution in [1.29, 1.82) is 5.26 Å². The number of nitriles is 1. The van der Waals surface area contributed by atoms with Gasteiger partial charge >= 0.3 is 0 Å². The standard InChI is InChI=1S/C19H17ClN4/c1-11-5-12(6-14-10-24(2)4-3-15(11)14)19-16-8-17(20)13(9-21)7-18(16)22-23-19/h5-8H,3-4,10H2,1-2H3,(H,22,23). The van der Waals surface area contributed by atoms with Gasteiger partial charge in [-0.2, -0.15) is 10.4 Å². The van der Waals surface area contributed by atoms with Gasteiger partial charge in [0, 0.05) is 24.0 Å². The molecule has 0 amide bonds. The van der Waals surface area contributed by atoms with Gasteiger partial charge in [0.15, 0.2) is 0 Å². The lowest BCUT2D eigenvalue weighted by Gasteiger charge is -2.26. The van der Waals surface area contributed by atoms with E-state index in [1.54, 1.807) is 6.07 Å². The first-order valence-corrected chi connectivity index (χ1v) is 8.33. The molecule has 0 fully saturated rings. The van der Waals surface area contributed by atoms with E-state index in [4.69, 9.17) is 16.9 Å². The summed E-state index contributed by atoms with van der Waals surface area (Å²) >= 11 is 6.21. The van der Waals surface area contributed by atoms with E-state index in [9.17, 15) is 0 Å². The summed E-state index contributed by atoms with van der Waals surface area (Å²) in [5.41, 5.74) is 7.41. The zero-order chi connectivity index (χ0) is 16.8. The fraction of sp³-hybridized carbons (Fsp3) is 0.263. The minimum absolute atomic E-state index is 0.460. The second kappa shape index (κ2) is 5.62. The highest BCUT2D eigenvalue weighted by atomic mass is 35.5. The van der Waals surface area contributed by atoms with Gasteiger partial charge in [0.25, 0.3) is 0 Å². The molecule has 2 aromatic carbocycles. The Labute approximate surface area is 145 Å². The van der Waals surface area contributed by atoms with E-state index in [-0.39, 0.29) is 0 Å². The van der Waals surface area contributed by atoms with Crippen LogP contribution in [0.2, 0.25) is 5.02 Å². The molecule has 0 bridgehead atoms. The van der Waals surface area contributed by atoms with E-state index in [0.29, 0.717) is 10.6 Å². The van der Waals surface area contributed by atoms with Crippen molar-refractivity contribution in [3.8, 4) is 17.3 Å². The van der Waals surface area contributed by atoms with Crippen molar-refractivity contribution < 1.29 is 0 Å². The second-order valence-corrected chi connectivity index (χ2v) is 6.89. The van der Waals surface area contributed by atoms with E-state index in [1.807, 2.05) is 6.07 Å². The zero-order valence-electron chi connectivity index (χ0n) is 13.7. The number of fused-ring (bicyclic) bond motifs is 2. The van der Waals surface area contributed by atoms with Gasteiger partial charge in [0.1, 0.15) is 6.07 Å². The average molecular weight is 337 g/mol. The van der Waals surface area contributed by atoms with Gasteiger partial charge in [-0.25, -0.2) is 0 Å². The van der Waals surface area contributed by atoms with Crippen LogP contribution >= 0.6 is 11.6 Å². The lowest BCUT2D eigenvalue weighted by molar-refractivity contribution is 0.312. The summed E-state index contributed by atoms with van der Waals surface area (Å²) in [4.78, 5) is 2.34. The molecular formula is C19H17ClN4. The Morgan fingerprint density at radius 2 is 2.12 bits per heavy atom. The maximum Gasteiger partial charge on any atom is 0.101 e. The molecule has 1 aliphatic heterocycles. The molecule has 120 valence electrons. The zero-order valence-corrected chi connectivity index (χ0v) is 14.4. The number of rotatable bonds is 1. The summed E-state index contributed by atoms with van der Waals surface area (Å²) in [6.07, 6.45) is 1.09. The molecule has 4 nitrogen and oxygen atoms in total. The largest absolute Gasteiger partial charge is 0.302 e. The number of aromatic nitrogens is 2. The quantitative estimate of drug-likeness (QED) is 0.729. The molecule has 1 N–H and O–H groups in total. The summed E-state index contributed by atoms with van der Waals surface area (Å²) < 4.78 is 0. The monoisotopic (exact) mass is 336 g/mol. The van der Waals surface area contributed by atoms with E-state index in [2.05, 4.69) is 47.3 Å². The van der Waals surface area contributed by atoms with E-state index in [0.717, 1.165) is 41.7 Å². The molecule has 0 radical (unpaired) electrons. The smallest absolute Gasteiger partial charge is 0.101 e. The number of nitrogens with one attached hydrogen (secondary N) is 1. The molecular weight excluding hydrogens is 320 g/mol. The fourth-order valence-corrected chi connectivity index (χ4v) is 3.75. The van der Waals surface area contributed by atoms with Gasteiger partial charge in [-0.1, -0.05) is 11.6 Å². The molecule has 1 aromatic heterocycles. The second-order valence-electron chi connectivity index (χ2n) is 6.48. The molecule has 0 atom stereocenters. The first-order chi connectivity index (χ1) is 11.6. The minimum atomic E-state index is 0.460. The molecule has 3 aromatic rings. The summed E-state index contributed by atoms with van der Waals surface area (Å²) in [5.74, 6) is 0. The molecule has 2 heterocycles. The van der Waals surface area contributed by atoms with Crippen LogP contribution in [0.15, 0.2) is 24.3 Å². The normalized spacial score (nSPS) is 14.6. The average Bonchev–Trinajstić information content (AvgIpc) is 2.96. The van der Waals surface area contributed by atoms with Crippen molar-refractivity contribution in [2.45, 2.75) is 19.9 Å². The number of hydrogen-bond acceptors (Lipinski definition) is 3. The van der Waals surface area contributed by atoms with Crippen LogP contribution in [0.3, 0.4) is 0 Å². The van der Waals surface area contributed by atoms with Gasteiger partial charge in [-0.15, -0.1) is 0 Å². The van der Waals surface area contributed by atoms with E-state index < -0.39 is 0 Å². The Bertz CT molecular complexity index is 997. The lowest BCUT2D eigenvalue weighted by Crippen LogP contribution is -2.27. The number of nitrogens with zero attached hydrogens (tertiary/aromatic N) is 3. The maximum atomic E-state index is 9.12. The Hall–Kier alpha value is -2.35. The summed E-state index contributed by atoms with van der Waals surface area (Å²) in [6, 6.07) is 10.1. The Morgan fingerprint density at radius 1 is 1.29 bits per heavy atom. The van der Waals surface area contributed by atoms with Crippen LogP contribution in [0.1, 0.15) is 22.3 Å². The molecule has 4 rings (SSSR count). The SMILES string of the molecule is Cc1cc(-c2n[nH]c3cc(C#N)c(Cl)cc23)cc2c1CCN(C)C2. The predicted molar refractivity (Wildman–Crippen MR) is 96.0 cm³/mol. The molecule has 0 aliphatic carbocycles. The number of H-pyrrole nitrogens is 1. The lowest BCUT2D eigenvalue weighted by atomic mass is 9.91. The van der Waals surface area contributed by atoms with Gasteiger partial charge in [-0.05, 0) is 61.3 Å². The number of likely N-dealkylation sites (N-methyl/N-ethyl adjacent to an activating group) is 1. The highest BCUT2D eigenvalue weighted by molar-refractivity contribution is 6.32. The van der Waals surface area contributed by atoms with Crippen molar-refractivity contribution in [2.24, 2.45) is 0 Å². The predicted octanol–water partition coefficient (Wildman–Crippen LogP) is 4.05. The highest BCUT2D eigenvalue weighted by Crippen LogP contribution is 2.33. The molecule has 24 heavy (non-hydrogen) atoms. The van der Waals surface area contributed by atoms with E-state index in [1.165, 1.54) is 16.7 Å². The third kappa shape index (κ3) is 2.37. The van der Waals surface area contributed by atoms with Crippen LogP contribution in [-0.2, 0) is 13.0 Å². The molecule has 5 heteroatoms. The van der Waals surface area contributed by atoms with Crippen LogP contribution in [0.25, 0.3) is 22.2 Å². The van der Waals surface area contributed by atoms with Crippen molar-refractivity contribution in [1.82, 2.24) is 15.1 Å². The number of aryl methyl sites for hydroxylation is 1. The number of benzene rings is 2. The topological polar surface area (TPSA) is 55.7 Å². The first kappa shape index (κ1) is 15.2. The van der Waals surface area contributed by atoms with Crippen molar-refractivity contribution >= 4 is 22.5 Å². The maximum absolute atomic E-state index is 9.12. The third-order valence-corrected chi connectivity index (χ3v) is 5.11. The Morgan fingerprint density at radius 3 is 2.92 bits per heavy atom. The molecule has 1 aliphatic rings. The Balaban J connectivity index is 1.89. The summed E-state index contributed by atoms with van der Waals surface area (Å²) in [6.45, 7) is 4.24. The molecule has 0 spiro atoms. The van der Waals surface area contributed by atoms with E-state index >= 15 is 0 Å². The summed E-state index contributed by atoms with van der Waals surface area (Å²) in [7, 11) is 2.15. The van der Waals surface area contributed by atoms with Gasteiger partial charge in [0.05, 0.1) is 21.8 Å². The fourth-order valence-electron chi connectivity index (χ4n) is 3.54. The Kier molecular flexibility index (Phi) is 3.56. The number of halogens is 1. The molecule has 0 unspecified atom stereocenters. The van der Waals surface area contributed by atoms with Crippen LogP contribution in [0, 0.1) is 18.3 Å². The molecule has 0 saturated heterocycles. The van der Waals surface area contributed by atoms with Crippen LogP contribution < -0.4 is 0 Å². The highest BCUT2D eigenvalue weighted by Gasteiger charge is 2.18. The van der Waals surface area contributed by atoms with Crippen LogP contribution in [0.5, 0.6) is 0 Å². The van der Waals surface area contributed by atoms with Crippen molar-refractivity contribution in [3.05, 3.63) is 51.5 Å². The van der Waals surface area contributed by atoms with Crippen LogP contribution in [-0.4, -0.2) is 28.7 Å². The number of hydrogen-bond donors (Lipinski definition) is 1. The third-order valence-electron chi connectivity index (χ3n) is 4.79. The first-order valence-electron chi connectivity index (χ1n) is 7.96. The number of aromatic amines is 1.